The number of hydrogen-bond donors (Lipinski definition) is 1. The van der Waals surface area contributed by atoms with Gasteiger partial charge in [-0.15, -0.1) is 0 Å². The molecule has 76 valence electrons. The van der Waals surface area contributed by atoms with Crippen molar-refractivity contribution in [3.05, 3.63) is 45.7 Å². The summed E-state index contributed by atoms with van der Waals surface area (Å²) in [6.07, 6.45) is 4.77. The zero-order valence-corrected chi connectivity index (χ0v) is 8.55. The molecule has 1 aliphatic carbocycles. The third kappa shape index (κ3) is 1.37. The molecular formula is C13H13NO. The van der Waals surface area contributed by atoms with Crippen LogP contribution in [-0.4, -0.2) is 4.98 Å². The average Bonchev–Trinajstić information content (AvgIpc) is 2.29. The fourth-order valence-electron chi connectivity index (χ4n) is 2.46. The second-order valence-electron chi connectivity index (χ2n) is 4.20. The Hall–Kier alpha value is -1.57. The smallest absolute Gasteiger partial charge is 0.248 e. The van der Waals surface area contributed by atoms with E-state index < -0.39 is 0 Å². The van der Waals surface area contributed by atoms with Crippen LogP contribution in [0.4, 0.5) is 0 Å². The summed E-state index contributed by atoms with van der Waals surface area (Å²) in [7, 11) is 0. The standard InChI is InChI=1S/C13H13NO/c15-12-8-7-10-6-5-9-3-1-2-4-11(9)13(10)14-12/h5-8H,1-4H2,(H,14,15). The quantitative estimate of drug-likeness (QED) is 0.694. The molecule has 0 radical (unpaired) electrons. The van der Waals surface area contributed by atoms with E-state index in [0.717, 1.165) is 23.7 Å². The fourth-order valence-corrected chi connectivity index (χ4v) is 2.46. The van der Waals surface area contributed by atoms with Gasteiger partial charge in [0, 0.05) is 6.07 Å². The van der Waals surface area contributed by atoms with Crippen molar-refractivity contribution in [2.75, 3.05) is 0 Å². The van der Waals surface area contributed by atoms with Gasteiger partial charge in [0.25, 0.3) is 0 Å². The first kappa shape index (κ1) is 8.72. The molecule has 0 saturated heterocycles. The van der Waals surface area contributed by atoms with E-state index in [1.165, 1.54) is 24.0 Å². The van der Waals surface area contributed by atoms with Crippen LogP contribution in [0.25, 0.3) is 10.9 Å². The lowest BCUT2D eigenvalue weighted by Crippen LogP contribution is -2.08. The Morgan fingerprint density at radius 2 is 1.80 bits per heavy atom. The van der Waals surface area contributed by atoms with Gasteiger partial charge in [-0.2, -0.15) is 0 Å². The Bertz CT molecular complexity index is 568. The van der Waals surface area contributed by atoms with Crippen molar-refractivity contribution in [3.8, 4) is 0 Å². The minimum atomic E-state index is 0.00136. The zero-order chi connectivity index (χ0) is 10.3. The van der Waals surface area contributed by atoms with Gasteiger partial charge in [0.05, 0.1) is 5.52 Å². The largest absolute Gasteiger partial charge is 0.322 e. The van der Waals surface area contributed by atoms with E-state index in [1.807, 2.05) is 6.07 Å². The molecule has 2 aromatic rings. The lowest BCUT2D eigenvalue weighted by molar-refractivity contribution is 0.689. The first-order valence-corrected chi connectivity index (χ1v) is 5.48. The van der Waals surface area contributed by atoms with Crippen LogP contribution in [0.2, 0.25) is 0 Å². The summed E-state index contributed by atoms with van der Waals surface area (Å²) in [6.45, 7) is 0. The van der Waals surface area contributed by atoms with Crippen molar-refractivity contribution >= 4 is 10.9 Å². The van der Waals surface area contributed by atoms with Gasteiger partial charge in [0.2, 0.25) is 5.56 Å². The van der Waals surface area contributed by atoms with Gasteiger partial charge in [0.15, 0.2) is 0 Å². The molecule has 0 atom stereocenters. The highest BCUT2D eigenvalue weighted by molar-refractivity contribution is 5.83. The van der Waals surface area contributed by atoms with Gasteiger partial charge in [-0.3, -0.25) is 4.79 Å². The Balaban J connectivity index is 2.39. The lowest BCUT2D eigenvalue weighted by atomic mass is 9.90. The first-order chi connectivity index (χ1) is 7.34. The van der Waals surface area contributed by atoms with Gasteiger partial charge in [-0.1, -0.05) is 12.1 Å². The number of aryl methyl sites for hydroxylation is 2. The van der Waals surface area contributed by atoms with Crippen LogP contribution in [0, 0.1) is 0 Å². The molecule has 1 N–H and O–H groups in total. The fraction of sp³-hybridized carbons (Fsp3) is 0.308. The molecule has 0 aliphatic heterocycles. The number of rotatable bonds is 0. The Kier molecular flexibility index (Phi) is 1.88. The normalized spacial score (nSPS) is 15.2. The maximum absolute atomic E-state index is 11.3. The van der Waals surface area contributed by atoms with Crippen molar-refractivity contribution in [1.29, 1.82) is 0 Å². The SMILES string of the molecule is O=c1ccc2ccc3c(c2[nH]1)CCCC3. The molecular weight excluding hydrogens is 186 g/mol. The average molecular weight is 199 g/mol. The van der Waals surface area contributed by atoms with E-state index >= 15 is 0 Å². The molecule has 0 amide bonds. The number of pyridine rings is 1. The highest BCUT2D eigenvalue weighted by Crippen LogP contribution is 2.26. The molecule has 0 fully saturated rings. The van der Waals surface area contributed by atoms with Gasteiger partial charge in [-0.25, -0.2) is 0 Å². The molecule has 1 aliphatic rings. The summed E-state index contributed by atoms with van der Waals surface area (Å²) < 4.78 is 0. The molecule has 1 aromatic heterocycles. The Labute approximate surface area is 87.9 Å². The predicted octanol–water partition coefficient (Wildman–Crippen LogP) is 2.41. The molecule has 1 aromatic carbocycles. The van der Waals surface area contributed by atoms with Crippen molar-refractivity contribution < 1.29 is 0 Å². The molecule has 0 unspecified atom stereocenters. The molecule has 2 heteroatoms. The Morgan fingerprint density at radius 3 is 2.73 bits per heavy atom. The van der Waals surface area contributed by atoms with Gasteiger partial charge in [-0.05, 0) is 48.3 Å². The maximum atomic E-state index is 11.3. The number of benzene rings is 1. The van der Waals surface area contributed by atoms with Crippen LogP contribution in [0.1, 0.15) is 24.0 Å². The molecule has 1 heterocycles. The summed E-state index contributed by atoms with van der Waals surface area (Å²) in [5.41, 5.74) is 3.83. The van der Waals surface area contributed by atoms with Crippen LogP contribution >= 0.6 is 0 Å². The number of aromatic amines is 1. The number of H-pyrrole nitrogens is 1. The zero-order valence-electron chi connectivity index (χ0n) is 8.55. The van der Waals surface area contributed by atoms with Crippen molar-refractivity contribution in [2.45, 2.75) is 25.7 Å². The Morgan fingerprint density at radius 1 is 1.00 bits per heavy atom. The highest BCUT2D eigenvalue weighted by atomic mass is 16.1. The van der Waals surface area contributed by atoms with Gasteiger partial charge in [0.1, 0.15) is 0 Å². The topological polar surface area (TPSA) is 32.9 Å². The lowest BCUT2D eigenvalue weighted by Gasteiger charge is -2.17. The highest BCUT2D eigenvalue weighted by Gasteiger charge is 2.12. The van der Waals surface area contributed by atoms with E-state index in [9.17, 15) is 4.79 Å². The summed E-state index contributed by atoms with van der Waals surface area (Å²) >= 11 is 0. The van der Waals surface area contributed by atoms with Crippen molar-refractivity contribution in [1.82, 2.24) is 4.98 Å². The minimum Gasteiger partial charge on any atom is -0.322 e. The van der Waals surface area contributed by atoms with Crippen molar-refractivity contribution in [2.24, 2.45) is 0 Å². The van der Waals surface area contributed by atoms with E-state index in [-0.39, 0.29) is 5.56 Å². The monoisotopic (exact) mass is 199 g/mol. The van der Waals surface area contributed by atoms with Crippen LogP contribution < -0.4 is 5.56 Å². The van der Waals surface area contributed by atoms with Crippen LogP contribution in [0.15, 0.2) is 29.1 Å². The van der Waals surface area contributed by atoms with E-state index in [2.05, 4.69) is 17.1 Å². The van der Waals surface area contributed by atoms with Crippen molar-refractivity contribution in [3.63, 3.8) is 0 Å². The second-order valence-corrected chi connectivity index (χ2v) is 4.20. The number of aromatic nitrogens is 1. The predicted molar refractivity (Wildman–Crippen MR) is 61.2 cm³/mol. The van der Waals surface area contributed by atoms with Crippen LogP contribution in [-0.2, 0) is 12.8 Å². The summed E-state index contributed by atoms with van der Waals surface area (Å²) in [4.78, 5) is 14.3. The van der Waals surface area contributed by atoms with Crippen LogP contribution in [0.5, 0.6) is 0 Å². The summed E-state index contributed by atoms with van der Waals surface area (Å²) in [5.74, 6) is 0. The third-order valence-electron chi connectivity index (χ3n) is 3.23. The molecule has 3 rings (SSSR count). The second kappa shape index (κ2) is 3.23. The van der Waals surface area contributed by atoms with E-state index in [1.54, 1.807) is 6.07 Å². The maximum Gasteiger partial charge on any atom is 0.248 e. The molecule has 0 saturated carbocycles. The molecule has 2 nitrogen and oxygen atoms in total. The molecule has 15 heavy (non-hydrogen) atoms. The summed E-state index contributed by atoms with van der Waals surface area (Å²) in [6, 6.07) is 7.81. The molecule has 0 bridgehead atoms. The minimum absolute atomic E-state index is 0.00136. The number of hydrogen-bond acceptors (Lipinski definition) is 1. The van der Waals surface area contributed by atoms with E-state index in [4.69, 9.17) is 0 Å². The summed E-state index contributed by atoms with van der Waals surface area (Å²) in [5, 5.41) is 1.15. The number of nitrogens with one attached hydrogen (secondary N) is 1. The third-order valence-corrected chi connectivity index (χ3v) is 3.23. The molecule has 0 spiro atoms. The first-order valence-electron chi connectivity index (χ1n) is 5.48. The van der Waals surface area contributed by atoms with E-state index in [0.29, 0.717) is 0 Å². The van der Waals surface area contributed by atoms with Gasteiger partial charge >= 0.3 is 0 Å². The number of fused-ring (bicyclic) bond motifs is 3. The van der Waals surface area contributed by atoms with Crippen LogP contribution in [0.3, 0.4) is 0 Å². The van der Waals surface area contributed by atoms with Gasteiger partial charge < -0.3 is 4.98 Å².